The Morgan fingerprint density at radius 1 is 1.39 bits per heavy atom. The van der Waals surface area contributed by atoms with Crippen molar-refractivity contribution in [3.63, 3.8) is 0 Å². The SMILES string of the molecule is CC(N)CC(=O)NCCC1CCN(C)CC1.Cl.Cl. The molecule has 0 aromatic carbocycles. The van der Waals surface area contributed by atoms with Crippen LogP contribution in [-0.2, 0) is 4.79 Å². The molecule has 1 saturated heterocycles. The average Bonchev–Trinajstić information content (AvgIpc) is 2.20. The van der Waals surface area contributed by atoms with Gasteiger partial charge < -0.3 is 16.0 Å². The van der Waals surface area contributed by atoms with Crippen molar-refractivity contribution >= 4 is 30.7 Å². The highest BCUT2D eigenvalue weighted by Gasteiger charge is 2.16. The lowest BCUT2D eigenvalue weighted by atomic mass is 9.94. The summed E-state index contributed by atoms with van der Waals surface area (Å²) >= 11 is 0. The fourth-order valence-electron chi connectivity index (χ4n) is 2.13. The van der Waals surface area contributed by atoms with E-state index in [1.54, 1.807) is 0 Å². The molecule has 1 unspecified atom stereocenters. The van der Waals surface area contributed by atoms with Crippen LogP contribution in [0, 0.1) is 5.92 Å². The van der Waals surface area contributed by atoms with Crippen molar-refractivity contribution < 1.29 is 4.79 Å². The van der Waals surface area contributed by atoms with Crippen LogP contribution in [0.15, 0.2) is 0 Å². The van der Waals surface area contributed by atoms with Crippen molar-refractivity contribution in [2.24, 2.45) is 11.7 Å². The van der Waals surface area contributed by atoms with Crippen LogP contribution in [0.25, 0.3) is 0 Å². The molecule has 3 N–H and O–H groups in total. The van der Waals surface area contributed by atoms with E-state index in [0.29, 0.717) is 6.42 Å². The summed E-state index contributed by atoms with van der Waals surface area (Å²) in [5.74, 6) is 0.870. The molecule has 1 atom stereocenters. The van der Waals surface area contributed by atoms with Crippen LogP contribution >= 0.6 is 24.8 Å². The first-order chi connectivity index (χ1) is 7.58. The second kappa shape index (κ2) is 10.9. The molecule has 4 nitrogen and oxygen atoms in total. The van der Waals surface area contributed by atoms with Crippen molar-refractivity contribution in [1.82, 2.24) is 10.2 Å². The van der Waals surface area contributed by atoms with Gasteiger partial charge in [-0.3, -0.25) is 4.79 Å². The molecule has 0 aromatic rings. The number of likely N-dealkylation sites (tertiary alicyclic amines) is 1. The zero-order valence-electron chi connectivity index (χ0n) is 11.4. The minimum atomic E-state index is -0.0386. The van der Waals surface area contributed by atoms with E-state index in [1.807, 2.05) is 6.92 Å². The van der Waals surface area contributed by atoms with Gasteiger partial charge in [-0.15, -0.1) is 24.8 Å². The summed E-state index contributed by atoms with van der Waals surface area (Å²) in [7, 11) is 2.17. The second-order valence-electron chi connectivity index (χ2n) is 5.07. The van der Waals surface area contributed by atoms with Gasteiger partial charge in [0.25, 0.3) is 0 Å². The Balaban J connectivity index is 0. The zero-order valence-corrected chi connectivity index (χ0v) is 13.0. The molecule has 1 heterocycles. The molecule has 1 aliphatic rings. The molecule has 0 radical (unpaired) electrons. The number of carbonyl (C=O) groups is 1. The van der Waals surface area contributed by atoms with Gasteiger partial charge in [-0.25, -0.2) is 0 Å². The summed E-state index contributed by atoms with van der Waals surface area (Å²) in [4.78, 5) is 13.7. The Hall–Kier alpha value is -0.0300. The maximum absolute atomic E-state index is 11.3. The number of rotatable bonds is 5. The van der Waals surface area contributed by atoms with Gasteiger partial charge in [-0.05, 0) is 52.2 Å². The molecule has 0 bridgehead atoms. The van der Waals surface area contributed by atoms with E-state index < -0.39 is 0 Å². The topological polar surface area (TPSA) is 58.4 Å². The first-order valence-electron chi connectivity index (χ1n) is 6.28. The fraction of sp³-hybridized carbons (Fsp3) is 0.917. The fourth-order valence-corrected chi connectivity index (χ4v) is 2.13. The Kier molecular flexibility index (Phi) is 12.2. The molecule has 6 heteroatoms. The summed E-state index contributed by atoms with van der Waals surface area (Å²) < 4.78 is 0. The van der Waals surface area contributed by atoms with Crippen LogP contribution in [0.3, 0.4) is 0 Å². The normalized spacial score (nSPS) is 18.4. The number of nitrogens with two attached hydrogens (primary N) is 1. The van der Waals surface area contributed by atoms with E-state index in [0.717, 1.165) is 18.9 Å². The minimum Gasteiger partial charge on any atom is -0.356 e. The molecule has 0 spiro atoms. The van der Waals surface area contributed by atoms with E-state index >= 15 is 0 Å². The Morgan fingerprint density at radius 3 is 2.44 bits per heavy atom. The molecule has 1 fully saturated rings. The van der Waals surface area contributed by atoms with Gasteiger partial charge in [0.05, 0.1) is 0 Å². The van der Waals surface area contributed by atoms with Gasteiger partial charge in [0.15, 0.2) is 0 Å². The van der Waals surface area contributed by atoms with E-state index in [9.17, 15) is 4.79 Å². The van der Waals surface area contributed by atoms with E-state index in [2.05, 4.69) is 17.3 Å². The smallest absolute Gasteiger partial charge is 0.221 e. The lowest BCUT2D eigenvalue weighted by molar-refractivity contribution is -0.121. The number of halogens is 2. The molecule has 18 heavy (non-hydrogen) atoms. The quantitative estimate of drug-likeness (QED) is 0.807. The van der Waals surface area contributed by atoms with Gasteiger partial charge in [-0.2, -0.15) is 0 Å². The summed E-state index contributed by atoms with van der Waals surface area (Å²) in [5.41, 5.74) is 5.56. The Morgan fingerprint density at radius 2 is 1.94 bits per heavy atom. The number of hydrogen-bond donors (Lipinski definition) is 2. The van der Waals surface area contributed by atoms with E-state index in [1.165, 1.54) is 25.9 Å². The number of nitrogens with zero attached hydrogens (tertiary/aromatic N) is 1. The first-order valence-corrected chi connectivity index (χ1v) is 6.28. The van der Waals surface area contributed by atoms with Crippen LogP contribution in [0.2, 0.25) is 0 Å². The van der Waals surface area contributed by atoms with Gasteiger partial charge in [0.2, 0.25) is 5.91 Å². The minimum absolute atomic E-state index is 0. The maximum atomic E-state index is 11.3. The standard InChI is InChI=1S/C12H25N3O.2ClH/c1-10(13)9-12(16)14-6-3-11-4-7-15(2)8-5-11;;/h10-11H,3-9,13H2,1-2H3,(H,14,16);2*1H. The van der Waals surface area contributed by atoms with Crippen molar-refractivity contribution in [2.75, 3.05) is 26.7 Å². The van der Waals surface area contributed by atoms with Crippen LogP contribution < -0.4 is 11.1 Å². The maximum Gasteiger partial charge on any atom is 0.221 e. The third kappa shape index (κ3) is 8.97. The molecule has 0 aromatic heterocycles. The predicted molar refractivity (Wildman–Crippen MR) is 80.6 cm³/mol. The average molecular weight is 300 g/mol. The highest BCUT2D eigenvalue weighted by molar-refractivity contribution is 5.85. The lowest BCUT2D eigenvalue weighted by Gasteiger charge is -2.28. The number of carbonyl (C=O) groups excluding carboxylic acids is 1. The monoisotopic (exact) mass is 299 g/mol. The molecule has 1 amide bonds. The van der Waals surface area contributed by atoms with Crippen LogP contribution in [0.4, 0.5) is 0 Å². The lowest BCUT2D eigenvalue weighted by Crippen LogP contribution is -2.34. The summed E-state index contributed by atoms with van der Waals surface area (Å²) in [6.07, 6.45) is 4.07. The molecule has 1 aliphatic heterocycles. The van der Waals surface area contributed by atoms with E-state index in [-0.39, 0.29) is 36.8 Å². The van der Waals surface area contributed by atoms with Gasteiger partial charge in [0, 0.05) is 19.0 Å². The van der Waals surface area contributed by atoms with Gasteiger partial charge in [0.1, 0.15) is 0 Å². The van der Waals surface area contributed by atoms with Crippen LogP contribution in [0.1, 0.15) is 32.6 Å². The van der Waals surface area contributed by atoms with Gasteiger partial charge in [-0.1, -0.05) is 0 Å². The Labute approximate surface area is 123 Å². The molecular weight excluding hydrogens is 273 g/mol. The largest absolute Gasteiger partial charge is 0.356 e. The summed E-state index contributed by atoms with van der Waals surface area (Å²) in [5, 5.41) is 2.94. The molecule has 0 saturated carbocycles. The third-order valence-electron chi connectivity index (χ3n) is 3.22. The van der Waals surface area contributed by atoms with Crippen LogP contribution in [-0.4, -0.2) is 43.5 Å². The van der Waals surface area contributed by atoms with Crippen LogP contribution in [0.5, 0.6) is 0 Å². The summed E-state index contributed by atoms with van der Waals surface area (Å²) in [6.45, 7) is 5.05. The highest BCUT2D eigenvalue weighted by Crippen LogP contribution is 2.18. The van der Waals surface area contributed by atoms with Crippen molar-refractivity contribution in [3.8, 4) is 0 Å². The number of amides is 1. The first kappa shape index (κ1) is 20.3. The highest BCUT2D eigenvalue weighted by atomic mass is 35.5. The predicted octanol–water partition coefficient (Wildman–Crippen LogP) is 1.42. The Bertz CT molecular complexity index is 219. The molecule has 1 rings (SSSR count). The summed E-state index contributed by atoms with van der Waals surface area (Å²) in [6, 6.07) is -0.0386. The number of piperidine rings is 1. The number of nitrogens with one attached hydrogen (secondary N) is 1. The second-order valence-corrected chi connectivity index (χ2v) is 5.07. The molecule has 110 valence electrons. The van der Waals surface area contributed by atoms with E-state index in [4.69, 9.17) is 5.73 Å². The zero-order chi connectivity index (χ0) is 12.0. The molecule has 0 aliphatic carbocycles. The van der Waals surface area contributed by atoms with Gasteiger partial charge >= 0.3 is 0 Å². The van der Waals surface area contributed by atoms with Crippen molar-refractivity contribution in [3.05, 3.63) is 0 Å². The number of hydrogen-bond acceptors (Lipinski definition) is 3. The molecular formula is C12H27Cl2N3O. The van der Waals surface area contributed by atoms with Crippen molar-refractivity contribution in [1.29, 1.82) is 0 Å². The van der Waals surface area contributed by atoms with Crippen molar-refractivity contribution in [2.45, 2.75) is 38.6 Å². The third-order valence-corrected chi connectivity index (χ3v) is 3.22.